The van der Waals surface area contributed by atoms with Crippen LogP contribution in [0.5, 0.6) is 0 Å². The highest BCUT2D eigenvalue weighted by molar-refractivity contribution is 5.83. The molecule has 10 heteroatoms. The van der Waals surface area contributed by atoms with Crippen molar-refractivity contribution >= 4 is 11.9 Å². The minimum absolute atomic E-state index is 0.579. The zero-order chi connectivity index (χ0) is 24.2. The Kier molecular flexibility index (Phi) is 6.89. The molecule has 35 heavy (non-hydrogen) atoms. The van der Waals surface area contributed by atoms with Crippen LogP contribution in [0.15, 0.2) is 41.9 Å². The van der Waals surface area contributed by atoms with E-state index in [2.05, 4.69) is 32.0 Å². The monoisotopic (exact) mass is 475 g/mol. The summed E-state index contributed by atoms with van der Waals surface area (Å²) in [5, 5.41) is 9.21. The molecule has 182 valence electrons. The third-order valence-electron chi connectivity index (χ3n) is 6.35. The first-order valence-electron chi connectivity index (χ1n) is 12.1. The number of hydrogen-bond acceptors (Lipinski definition) is 7. The lowest BCUT2D eigenvalue weighted by Gasteiger charge is -2.27. The van der Waals surface area contributed by atoms with Crippen LogP contribution in [0.4, 0.5) is 4.39 Å². The smallest absolute Gasteiger partial charge is 0.165 e. The lowest BCUT2D eigenvalue weighted by atomic mass is 10.1. The molecule has 0 bridgehead atoms. The first-order chi connectivity index (χ1) is 17.2. The molecule has 0 saturated carbocycles. The maximum Gasteiger partial charge on any atom is 0.165 e. The highest BCUT2D eigenvalue weighted by atomic mass is 19.1. The van der Waals surface area contributed by atoms with Gasteiger partial charge in [0.05, 0.1) is 17.9 Å². The lowest BCUT2D eigenvalue weighted by molar-refractivity contribution is 0.143. The van der Waals surface area contributed by atoms with Gasteiger partial charge in [-0.2, -0.15) is 5.10 Å². The minimum Gasteiger partial charge on any atom is -0.296 e. The summed E-state index contributed by atoms with van der Waals surface area (Å²) in [6.07, 6.45) is 9.95. The number of nitrogens with zero attached hydrogens (tertiary/aromatic N) is 9. The fourth-order valence-electron chi connectivity index (χ4n) is 4.62. The van der Waals surface area contributed by atoms with E-state index in [1.54, 1.807) is 36.5 Å². The summed E-state index contributed by atoms with van der Waals surface area (Å²) in [7, 11) is 1.74. The van der Waals surface area contributed by atoms with Gasteiger partial charge in [-0.1, -0.05) is 13.3 Å². The zero-order valence-corrected chi connectivity index (χ0v) is 20.2. The summed E-state index contributed by atoms with van der Waals surface area (Å²) < 4.78 is 17.1. The van der Waals surface area contributed by atoms with E-state index >= 15 is 0 Å². The van der Waals surface area contributed by atoms with E-state index in [9.17, 15) is 4.39 Å². The Morgan fingerprint density at radius 1 is 1.17 bits per heavy atom. The molecule has 0 radical (unpaired) electrons. The quantitative estimate of drug-likeness (QED) is 0.364. The van der Waals surface area contributed by atoms with Crippen molar-refractivity contribution in [1.29, 1.82) is 0 Å². The predicted molar refractivity (Wildman–Crippen MR) is 132 cm³/mol. The molecule has 4 aromatic rings. The van der Waals surface area contributed by atoms with E-state index in [1.807, 2.05) is 22.9 Å². The summed E-state index contributed by atoms with van der Waals surface area (Å²) in [6.45, 7) is 4.26. The van der Waals surface area contributed by atoms with Crippen molar-refractivity contribution in [3.8, 4) is 5.82 Å². The first-order valence-corrected chi connectivity index (χ1v) is 12.1. The minimum atomic E-state index is -0.687. The molecule has 0 unspecified atom stereocenters. The third kappa shape index (κ3) is 4.97. The summed E-state index contributed by atoms with van der Waals surface area (Å²) in [5.41, 5.74) is 4.78. The number of piperidine rings is 1. The van der Waals surface area contributed by atoms with E-state index in [4.69, 9.17) is 9.97 Å². The van der Waals surface area contributed by atoms with Gasteiger partial charge in [0.25, 0.3) is 0 Å². The molecule has 1 aliphatic heterocycles. The summed E-state index contributed by atoms with van der Waals surface area (Å²) in [6, 6.07) is 5.86. The number of likely N-dealkylation sites (tertiary alicyclic amines) is 1. The fourth-order valence-corrected chi connectivity index (χ4v) is 4.62. The van der Waals surface area contributed by atoms with Crippen LogP contribution in [-0.4, -0.2) is 71.8 Å². The van der Waals surface area contributed by atoms with Crippen LogP contribution in [-0.2, 0) is 19.4 Å². The lowest BCUT2D eigenvalue weighted by Crippen LogP contribution is -2.34. The summed E-state index contributed by atoms with van der Waals surface area (Å²) >= 11 is 0. The highest BCUT2D eigenvalue weighted by Crippen LogP contribution is 2.21. The second-order valence-corrected chi connectivity index (χ2v) is 8.88. The Labute approximate surface area is 203 Å². The number of aromatic nitrogens is 7. The molecular weight excluding hydrogens is 445 g/mol. The number of hydrogen-bond donors (Lipinski definition) is 0. The van der Waals surface area contributed by atoms with Crippen LogP contribution in [0.25, 0.3) is 11.5 Å². The van der Waals surface area contributed by atoms with Gasteiger partial charge < -0.3 is 0 Å². The number of alkyl halides is 1. The van der Waals surface area contributed by atoms with Crippen LogP contribution in [0, 0.1) is 0 Å². The molecule has 1 aliphatic rings. The molecule has 5 rings (SSSR count). The SMILES string of the molecule is CCCc1c(Cc2ccnn2-c2ncccc2C=NC)ncn2nc(CN3CCC(F)CC3)nc12. The van der Waals surface area contributed by atoms with Crippen molar-refractivity contribution in [1.82, 2.24) is 39.2 Å². The highest BCUT2D eigenvalue weighted by Gasteiger charge is 2.21. The van der Waals surface area contributed by atoms with E-state index in [-0.39, 0.29) is 0 Å². The van der Waals surface area contributed by atoms with E-state index in [0.717, 1.165) is 65.7 Å². The second kappa shape index (κ2) is 10.4. The van der Waals surface area contributed by atoms with E-state index in [1.165, 1.54) is 0 Å². The Hall–Kier alpha value is -3.53. The van der Waals surface area contributed by atoms with Gasteiger partial charge in [0, 0.05) is 56.3 Å². The van der Waals surface area contributed by atoms with Crippen molar-refractivity contribution in [2.45, 2.75) is 51.7 Å². The number of fused-ring (bicyclic) bond motifs is 1. The van der Waals surface area contributed by atoms with Gasteiger partial charge in [0.2, 0.25) is 0 Å². The molecule has 0 amide bonds. The van der Waals surface area contributed by atoms with E-state index in [0.29, 0.717) is 25.8 Å². The van der Waals surface area contributed by atoms with Gasteiger partial charge in [-0.15, -0.1) is 5.10 Å². The van der Waals surface area contributed by atoms with Crippen LogP contribution < -0.4 is 0 Å². The van der Waals surface area contributed by atoms with Gasteiger partial charge >= 0.3 is 0 Å². The average molecular weight is 476 g/mol. The van der Waals surface area contributed by atoms with Crippen molar-refractivity contribution in [2.24, 2.45) is 4.99 Å². The second-order valence-electron chi connectivity index (χ2n) is 8.88. The van der Waals surface area contributed by atoms with Crippen molar-refractivity contribution in [3.05, 3.63) is 65.3 Å². The van der Waals surface area contributed by atoms with Gasteiger partial charge in [0.1, 0.15) is 12.5 Å². The topological polar surface area (TPSA) is 89.4 Å². The molecule has 5 heterocycles. The molecular formula is C25H30FN9. The molecule has 0 aliphatic carbocycles. The van der Waals surface area contributed by atoms with Crippen LogP contribution >= 0.6 is 0 Å². The van der Waals surface area contributed by atoms with Crippen molar-refractivity contribution in [2.75, 3.05) is 20.1 Å². The van der Waals surface area contributed by atoms with Gasteiger partial charge in [-0.25, -0.2) is 28.5 Å². The number of rotatable bonds is 8. The number of pyridine rings is 1. The average Bonchev–Trinajstić information content (AvgIpc) is 3.49. The molecule has 9 nitrogen and oxygen atoms in total. The Balaban J connectivity index is 1.46. The predicted octanol–water partition coefficient (Wildman–Crippen LogP) is 3.23. The molecule has 0 aromatic carbocycles. The van der Waals surface area contributed by atoms with Crippen molar-refractivity contribution < 1.29 is 4.39 Å². The van der Waals surface area contributed by atoms with Gasteiger partial charge in [0.15, 0.2) is 17.3 Å². The van der Waals surface area contributed by atoms with Gasteiger partial charge in [-0.3, -0.25) is 9.89 Å². The number of aliphatic imine (C=N–C) groups is 1. The Morgan fingerprint density at radius 3 is 2.83 bits per heavy atom. The molecule has 1 fully saturated rings. The Morgan fingerprint density at radius 2 is 2.03 bits per heavy atom. The molecule has 1 saturated heterocycles. The van der Waals surface area contributed by atoms with E-state index < -0.39 is 6.17 Å². The van der Waals surface area contributed by atoms with Crippen LogP contribution in [0.1, 0.15) is 54.5 Å². The Bertz CT molecular complexity index is 1320. The maximum absolute atomic E-state index is 13.5. The molecule has 0 spiro atoms. The van der Waals surface area contributed by atoms with Crippen molar-refractivity contribution in [3.63, 3.8) is 0 Å². The molecule has 0 N–H and O–H groups in total. The van der Waals surface area contributed by atoms with Gasteiger partial charge in [-0.05, 0) is 37.5 Å². The molecule has 0 atom stereocenters. The van der Waals surface area contributed by atoms with Crippen LogP contribution in [0.2, 0.25) is 0 Å². The standard InChI is InChI=1S/C25H30FN9/c1-3-5-21-22(14-20-7-11-30-35(20)24-18(15-27-2)6-4-10-28-24)29-17-34-25(21)31-23(32-34)16-33-12-8-19(26)9-13-33/h4,6-7,10-11,15,17,19H,3,5,8-9,12-14,16H2,1-2H3. The fraction of sp³-hybridized carbons (Fsp3) is 0.440. The summed E-state index contributed by atoms with van der Waals surface area (Å²) in [4.78, 5) is 20.6. The number of aryl methyl sites for hydroxylation is 1. The number of halogens is 1. The normalized spacial score (nSPS) is 15.5. The third-order valence-corrected chi connectivity index (χ3v) is 6.35. The zero-order valence-electron chi connectivity index (χ0n) is 20.2. The van der Waals surface area contributed by atoms with Crippen LogP contribution in [0.3, 0.4) is 0 Å². The first kappa shape index (κ1) is 23.2. The summed E-state index contributed by atoms with van der Waals surface area (Å²) in [5.74, 6) is 1.48. The largest absolute Gasteiger partial charge is 0.296 e. The molecule has 4 aromatic heterocycles. The maximum atomic E-state index is 13.5.